The molecular formula is C19H21NO4. The number of benzene rings is 2. The highest BCUT2D eigenvalue weighted by Gasteiger charge is 2.08. The number of nitrogens with one attached hydrogen (secondary N) is 1. The van der Waals surface area contributed by atoms with Crippen LogP contribution in [0.5, 0.6) is 5.75 Å². The summed E-state index contributed by atoms with van der Waals surface area (Å²) < 4.78 is 5.62. The summed E-state index contributed by atoms with van der Waals surface area (Å²) in [5.74, 6) is -0.373. The molecule has 0 atom stereocenters. The van der Waals surface area contributed by atoms with Gasteiger partial charge in [0.1, 0.15) is 5.75 Å². The molecule has 2 aromatic rings. The summed E-state index contributed by atoms with van der Waals surface area (Å²) in [5.41, 5.74) is 3.47. The first-order chi connectivity index (χ1) is 11.5. The summed E-state index contributed by atoms with van der Waals surface area (Å²) in [6.45, 7) is 3.80. The van der Waals surface area contributed by atoms with Crippen molar-refractivity contribution in [2.24, 2.45) is 0 Å². The minimum Gasteiger partial charge on any atom is -0.483 e. The van der Waals surface area contributed by atoms with Gasteiger partial charge >= 0.3 is 5.97 Å². The van der Waals surface area contributed by atoms with E-state index >= 15 is 0 Å². The normalized spacial score (nSPS) is 10.2. The van der Waals surface area contributed by atoms with Crippen LogP contribution in [-0.4, -0.2) is 23.6 Å². The lowest BCUT2D eigenvalue weighted by atomic mass is 10.1. The van der Waals surface area contributed by atoms with Crippen LogP contribution < -0.4 is 10.1 Å². The standard InChI is InChI=1S/C19H21NO4/c1-13-5-3-6-14(2)19(13)24-12-17(21)20-16-8-4-7-15(11-16)9-10-18(22)23/h3-8,11H,9-10,12H2,1-2H3,(H,20,21)(H,22,23). The van der Waals surface area contributed by atoms with Gasteiger partial charge in [0.15, 0.2) is 6.61 Å². The molecule has 0 saturated carbocycles. The highest BCUT2D eigenvalue weighted by Crippen LogP contribution is 2.22. The third kappa shape index (κ3) is 5.12. The minimum absolute atomic E-state index is 0.0626. The lowest BCUT2D eigenvalue weighted by Gasteiger charge is -2.12. The second-order valence-electron chi connectivity index (χ2n) is 5.65. The molecule has 24 heavy (non-hydrogen) atoms. The van der Waals surface area contributed by atoms with E-state index in [0.29, 0.717) is 12.1 Å². The van der Waals surface area contributed by atoms with E-state index in [1.165, 1.54) is 0 Å². The van der Waals surface area contributed by atoms with Crippen molar-refractivity contribution in [1.82, 2.24) is 0 Å². The maximum absolute atomic E-state index is 12.1. The van der Waals surface area contributed by atoms with Crippen LogP contribution in [0.1, 0.15) is 23.1 Å². The predicted molar refractivity (Wildman–Crippen MR) is 92.4 cm³/mol. The van der Waals surface area contributed by atoms with E-state index < -0.39 is 5.97 Å². The second-order valence-corrected chi connectivity index (χ2v) is 5.65. The number of carbonyl (C=O) groups excluding carboxylic acids is 1. The average molecular weight is 327 g/mol. The number of amides is 1. The summed E-state index contributed by atoms with van der Waals surface area (Å²) >= 11 is 0. The first-order valence-electron chi connectivity index (χ1n) is 7.75. The third-order valence-electron chi connectivity index (χ3n) is 3.59. The fourth-order valence-electron chi connectivity index (χ4n) is 2.42. The molecule has 0 fully saturated rings. The van der Waals surface area contributed by atoms with Gasteiger partial charge in [0.05, 0.1) is 0 Å². The van der Waals surface area contributed by atoms with Gasteiger partial charge in [-0.2, -0.15) is 0 Å². The van der Waals surface area contributed by atoms with E-state index in [1.54, 1.807) is 18.2 Å². The summed E-state index contributed by atoms with van der Waals surface area (Å²) in [6.07, 6.45) is 0.491. The van der Waals surface area contributed by atoms with Crippen LogP contribution in [0.2, 0.25) is 0 Å². The van der Waals surface area contributed by atoms with Crippen molar-refractivity contribution in [1.29, 1.82) is 0 Å². The van der Waals surface area contributed by atoms with Gasteiger partial charge in [-0.05, 0) is 49.1 Å². The van der Waals surface area contributed by atoms with Gasteiger partial charge in [-0.3, -0.25) is 9.59 Å². The SMILES string of the molecule is Cc1cccc(C)c1OCC(=O)Nc1cccc(CCC(=O)O)c1. The molecule has 0 aliphatic heterocycles. The largest absolute Gasteiger partial charge is 0.483 e. The Balaban J connectivity index is 1.92. The zero-order chi connectivity index (χ0) is 17.5. The van der Waals surface area contributed by atoms with Crippen molar-refractivity contribution in [3.05, 3.63) is 59.2 Å². The highest BCUT2D eigenvalue weighted by atomic mass is 16.5. The smallest absolute Gasteiger partial charge is 0.303 e. The molecule has 0 bridgehead atoms. The molecule has 0 spiro atoms. The Morgan fingerprint density at radius 2 is 1.75 bits per heavy atom. The van der Waals surface area contributed by atoms with Gasteiger partial charge in [0, 0.05) is 12.1 Å². The number of rotatable bonds is 7. The van der Waals surface area contributed by atoms with E-state index in [2.05, 4.69) is 5.32 Å². The Morgan fingerprint density at radius 1 is 1.08 bits per heavy atom. The molecule has 0 saturated heterocycles. The molecule has 2 aromatic carbocycles. The zero-order valence-electron chi connectivity index (χ0n) is 13.8. The van der Waals surface area contributed by atoms with Crippen molar-refractivity contribution in [3.8, 4) is 5.75 Å². The third-order valence-corrected chi connectivity index (χ3v) is 3.59. The second kappa shape index (κ2) is 8.15. The fraction of sp³-hybridized carbons (Fsp3) is 0.263. The molecule has 2 rings (SSSR count). The van der Waals surface area contributed by atoms with E-state index in [9.17, 15) is 9.59 Å². The fourth-order valence-corrected chi connectivity index (χ4v) is 2.42. The lowest BCUT2D eigenvalue weighted by Crippen LogP contribution is -2.20. The average Bonchev–Trinajstić information content (AvgIpc) is 2.53. The number of hydrogen-bond acceptors (Lipinski definition) is 3. The quantitative estimate of drug-likeness (QED) is 0.818. The predicted octanol–water partition coefficient (Wildman–Crippen LogP) is 3.34. The van der Waals surface area contributed by atoms with Crippen LogP contribution in [0.15, 0.2) is 42.5 Å². The van der Waals surface area contributed by atoms with Crippen molar-refractivity contribution in [2.75, 3.05) is 11.9 Å². The molecule has 5 heteroatoms. The topological polar surface area (TPSA) is 75.6 Å². The van der Waals surface area contributed by atoms with Crippen LogP contribution in [0.25, 0.3) is 0 Å². The summed E-state index contributed by atoms with van der Waals surface area (Å²) in [7, 11) is 0. The first-order valence-corrected chi connectivity index (χ1v) is 7.75. The molecule has 0 heterocycles. The number of anilines is 1. The number of aliphatic carboxylic acids is 1. The van der Waals surface area contributed by atoms with Crippen LogP contribution >= 0.6 is 0 Å². The maximum atomic E-state index is 12.1. The van der Waals surface area contributed by atoms with Crippen molar-refractivity contribution in [3.63, 3.8) is 0 Å². The Morgan fingerprint density at radius 3 is 2.42 bits per heavy atom. The molecular weight excluding hydrogens is 306 g/mol. The Labute approximate surface area is 141 Å². The molecule has 0 aliphatic rings. The highest BCUT2D eigenvalue weighted by molar-refractivity contribution is 5.92. The molecule has 5 nitrogen and oxygen atoms in total. The van der Waals surface area contributed by atoms with E-state index in [4.69, 9.17) is 9.84 Å². The molecule has 0 aliphatic carbocycles. The van der Waals surface area contributed by atoms with Crippen molar-refractivity contribution in [2.45, 2.75) is 26.7 Å². The van der Waals surface area contributed by atoms with Gasteiger partial charge < -0.3 is 15.2 Å². The number of aryl methyl sites for hydroxylation is 3. The van der Waals surface area contributed by atoms with E-state index in [1.807, 2.05) is 38.1 Å². The Kier molecular flexibility index (Phi) is 5.95. The molecule has 2 N–H and O–H groups in total. The molecule has 0 unspecified atom stereocenters. The summed E-state index contributed by atoms with van der Waals surface area (Å²) in [4.78, 5) is 22.7. The van der Waals surface area contributed by atoms with Crippen molar-refractivity contribution >= 4 is 17.6 Å². The lowest BCUT2D eigenvalue weighted by molar-refractivity contribution is -0.137. The van der Waals surface area contributed by atoms with Crippen LogP contribution in [-0.2, 0) is 16.0 Å². The number of carboxylic acids is 1. The van der Waals surface area contributed by atoms with Crippen LogP contribution in [0.3, 0.4) is 0 Å². The number of para-hydroxylation sites is 1. The monoisotopic (exact) mass is 327 g/mol. The molecule has 1 amide bonds. The minimum atomic E-state index is -0.841. The van der Waals surface area contributed by atoms with Crippen LogP contribution in [0, 0.1) is 13.8 Å². The molecule has 126 valence electrons. The molecule has 0 aromatic heterocycles. The van der Waals surface area contributed by atoms with E-state index in [-0.39, 0.29) is 18.9 Å². The first kappa shape index (κ1) is 17.5. The van der Waals surface area contributed by atoms with Gasteiger partial charge in [-0.25, -0.2) is 0 Å². The molecule has 0 radical (unpaired) electrons. The van der Waals surface area contributed by atoms with Gasteiger partial charge in [0.25, 0.3) is 5.91 Å². The zero-order valence-corrected chi connectivity index (χ0v) is 13.8. The number of carbonyl (C=O) groups is 2. The van der Waals surface area contributed by atoms with Gasteiger partial charge in [-0.15, -0.1) is 0 Å². The van der Waals surface area contributed by atoms with Gasteiger partial charge in [0.2, 0.25) is 0 Å². The Bertz CT molecular complexity index is 720. The van der Waals surface area contributed by atoms with Gasteiger partial charge in [-0.1, -0.05) is 30.3 Å². The summed E-state index contributed by atoms with van der Waals surface area (Å²) in [6, 6.07) is 13.0. The Hall–Kier alpha value is -2.82. The number of carboxylic acid groups (broad SMARTS) is 1. The summed E-state index contributed by atoms with van der Waals surface area (Å²) in [5, 5.41) is 11.5. The number of hydrogen-bond donors (Lipinski definition) is 2. The maximum Gasteiger partial charge on any atom is 0.303 e. The number of ether oxygens (including phenoxy) is 1. The van der Waals surface area contributed by atoms with Crippen molar-refractivity contribution < 1.29 is 19.4 Å². The van der Waals surface area contributed by atoms with E-state index in [0.717, 1.165) is 22.4 Å². The van der Waals surface area contributed by atoms with Crippen LogP contribution in [0.4, 0.5) is 5.69 Å².